The molecule has 2 atom stereocenters. The molecule has 0 amide bonds. The fraction of sp³-hybridized carbons (Fsp3) is 0.538. The lowest BCUT2D eigenvalue weighted by atomic mass is 9.92. The molecule has 7 heteroatoms. The van der Waals surface area contributed by atoms with E-state index in [4.69, 9.17) is 5.73 Å². The molecule has 0 saturated carbocycles. The Kier molecular flexibility index (Phi) is 4.59. The van der Waals surface area contributed by atoms with Crippen molar-refractivity contribution in [3.8, 4) is 0 Å². The molecule has 1 aromatic rings. The molecule has 0 aliphatic carbocycles. The van der Waals surface area contributed by atoms with Gasteiger partial charge in [0, 0.05) is 31.3 Å². The molecule has 1 fully saturated rings. The predicted molar refractivity (Wildman–Crippen MR) is 79.3 cm³/mol. The molecule has 20 heavy (non-hydrogen) atoms. The zero-order chi connectivity index (χ0) is 14.9. The molecule has 2 unspecified atom stereocenters. The van der Waals surface area contributed by atoms with Gasteiger partial charge in [0.25, 0.3) is 5.69 Å². The number of anilines is 1. The van der Waals surface area contributed by atoms with Gasteiger partial charge >= 0.3 is 0 Å². The van der Waals surface area contributed by atoms with Crippen LogP contribution in [0.25, 0.3) is 0 Å². The Balaban J connectivity index is 2.45. The highest BCUT2D eigenvalue weighted by Crippen LogP contribution is 2.37. The average molecular weight is 346 g/mol. The maximum atomic E-state index is 13.8. The van der Waals surface area contributed by atoms with E-state index in [1.165, 1.54) is 12.1 Å². The Morgan fingerprint density at radius 1 is 1.60 bits per heavy atom. The second-order valence-corrected chi connectivity index (χ2v) is 6.08. The Morgan fingerprint density at radius 3 is 2.90 bits per heavy atom. The van der Waals surface area contributed by atoms with Crippen LogP contribution in [0.4, 0.5) is 15.8 Å². The third-order valence-corrected chi connectivity index (χ3v) is 4.38. The Labute approximate surface area is 125 Å². The monoisotopic (exact) mass is 345 g/mol. The molecule has 1 saturated heterocycles. The van der Waals surface area contributed by atoms with Crippen molar-refractivity contribution in [2.45, 2.75) is 25.8 Å². The van der Waals surface area contributed by atoms with Crippen molar-refractivity contribution >= 4 is 27.3 Å². The minimum atomic E-state index is -0.500. The third kappa shape index (κ3) is 2.93. The number of hydrogen-bond acceptors (Lipinski definition) is 4. The van der Waals surface area contributed by atoms with Crippen LogP contribution in [-0.4, -0.2) is 24.1 Å². The van der Waals surface area contributed by atoms with Crippen molar-refractivity contribution in [2.24, 2.45) is 11.7 Å². The van der Waals surface area contributed by atoms with E-state index >= 15 is 0 Å². The van der Waals surface area contributed by atoms with Crippen LogP contribution in [0.2, 0.25) is 0 Å². The lowest BCUT2D eigenvalue weighted by molar-refractivity contribution is -0.384. The minimum Gasteiger partial charge on any atom is -0.362 e. The van der Waals surface area contributed by atoms with E-state index in [-0.39, 0.29) is 16.2 Å². The van der Waals surface area contributed by atoms with Gasteiger partial charge in [-0.25, -0.2) is 4.39 Å². The van der Waals surface area contributed by atoms with Crippen LogP contribution in [0.15, 0.2) is 16.6 Å². The van der Waals surface area contributed by atoms with Crippen LogP contribution in [0.1, 0.15) is 19.8 Å². The van der Waals surface area contributed by atoms with Gasteiger partial charge in [-0.3, -0.25) is 10.1 Å². The lowest BCUT2D eigenvalue weighted by Gasteiger charge is -2.39. The van der Waals surface area contributed by atoms with Crippen molar-refractivity contribution in [3.63, 3.8) is 0 Å². The van der Waals surface area contributed by atoms with E-state index in [1.807, 2.05) is 4.90 Å². The average Bonchev–Trinajstić information content (AvgIpc) is 2.41. The summed E-state index contributed by atoms with van der Waals surface area (Å²) in [6.45, 7) is 3.20. The summed E-state index contributed by atoms with van der Waals surface area (Å²) in [6.07, 6.45) is 1.79. The van der Waals surface area contributed by atoms with Gasteiger partial charge in [-0.2, -0.15) is 0 Å². The zero-order valence-corrected chi connectivity index (χ0v) is 12.8. The highest BCUT2D eigenvalue weighted by Gasteiger charge is 2.30. The first kappa shape index (κ1) is 15.2. The molecule has 2 rings (SSSR count). The lowest BCUT2D eigenvalue weighted by Crippen LogP contribution is -2.46. The van der Waals surface area contributed by atoms with Gasteiger partial charge in [-0.15, -0.1) is 0 Å². The summed E-state index contributed by atoms with van der Waals surface area (Å²) in [5.41, 5.74) is 6.00. The van der Waals surface area contributed by atoms with Crippen LogP contribution >= 0.6 is 15.9 Å². The number of nitro benzene ring substituents is 1. The molecule has 0 bridgehead atoms. The molecular weight excluding hydrogens is 329 g/mol. The third-order valence-electron chi connectivity index (χ3n) is 3.77. The minimum absolute atomic E-state index is 0.0121. The summed E-state index contributed by atoms with van der Waals surface area (Å²) >= 11 is 2.99. The summed E-state index contributed by atoms with van der Waals surface area (Å²) < 4.78 is 13.9. The molecule has 1 heterocycles. The number of nitrogens with zero attached hydrogens (tertiary/aromatic N) is 2. The van der Waals surface area contributed by atoms with Crippen LogP contribution in [-0.2, 0) is 0 Å². The van der Waals surface area contributed by atoms with Crippen molar-refractivity contribution in [2.75, 3.05) is 18.0 Å². The second kappa shape index (κ2) is 6.05. The molecule has 0 spiro atoms. The standard InChI is InChI=1S/C13H17BrFN3O2/c1-8-2-3-17(9(4-8)7-16)12-6-11(15)10(14)5-13(12)18(19)20/h5-6,8-9H,2-4,7,16H2,1H3. The van der Waals surface area contributed by atoms with Crippen LogP contribution < -0.4 is 10.6 Å². The number of benzene rings is 1. The van der Waals surface area contributed by atoms with Gasteiger partial charge in [0.15, 0.2) is 0 Å². The van der Waals surface area contributed by atoms with Crippen LogP contribution in [0.3, 0.4) is 0 Å². The maximum Gasteiger partial charge on any atom is 0.293 e. The first-order valence-corrected chi connectivity index (χ1v) is 7.33. The van der Waals surface area contributed by atoms with Crippen molar-refractivity contribution in [1.82, 2.24) is 0 Å². The normalized spacial score (nSPS) is 22.9. The van der Waals surface area contributed by atoms with E-state index in [9.17, 15) is 14.5 Å². The van der Waals surface area contributed by atoms with Crippen LogP contribution in [0.5, 0.6) is 0 Å². The van der Waals surface area contributed by atoms with Gasteiger partial charge in [0.2, 0.25) is 0 Å². The van der Waals surface area contributed by atoms with Gasteiger partial charge in [-0.1, -0.05) is 6.92 Å². The van der Waals surface area contributed by atoms with Gasteiger partial charge < -0.3 is 10.6 Å². The predicted octanol–water partition coefficient (Wildman–Crippen LogP) is 3.06. The highest BCUT2D eigenvalue weighted by molar-refractivity contribution is 9.10. The summed E-state index contributed by atoms with van der Waals surface area (Å²) in [5, 5.41) is 11.2. The molecule has 2 N–H and O–H groups in total. The van der Waals surface area contributed by atoms with Crippen molar-refractivity contribution in [1.29, 1.82) is 0 Å². The highest BCUT2D eigenvalue weighted by atomic mass is 79.9. The molecule has 110 valence electrons. The van der Waals surface area contributed by atoms with Crippen molar-refractivity contribution < 1.29 is 9.31 Å². The number of hydrogen-bond donors (Lipinski definition) is 1. The molecule has 1 aromatic carbocycles. The molecule has 1 aliphatic heterocycles. The largest absolute Gasteiger partial charge is 0.362 e. The summed E-state index contributed by atoms with van der Waals surface area (Å²) in [7, 11) is 0. The topological polar surface area (TPSA) is 72.4 Å². The number of nitro groups is 1. The quantitative estimate of drug-likeness (QED) is 0.674. The first-order valence-electron chi connectivity index (χ1n) is 6.54. The SMILES string of the molecule is CC1CCN(c2cc(F)c(Br)cc2[N+](=O)[O-])C(CN)C1. The molecular formula is C13H17BrFN3O2. The fourth-order valence-corrected chi connectivity index (χ4v) is 3.03. The second-order valence-electron chi connectivity index (χ2n) is 5.22. The Hall–Kier alpha value is -1.21. The number of halogens is 2. The van der Waals surface area contributed by atoms with Gasteiger partial charge in [0.1, 0.15) is 11.5 Å². The maximum absolute atomic E-state index is 13.8. The van der Waals surface area contributed by atoms with E-state index in [0.29, 0.717) is 24.7 Å². The summed E-state index contributed by atoms with van der Waals surface area (Å²) in [6, 6.07) is 2.45. The fourth-order valence-electron chi connectivity index (χ4n) is 2.69. The number of rotatable bonds is 3. The Bertz CT molecular complexity index is 527. The van der Waals surface area contributed by atoms with Gasteiger partial charge in [0.05, 0.1) is 9.40 Å². The van der Waals surface area contributed by atoms with E-state index in [2.05, 4.69) is 22.9 Å². The van der Waals surface area contributed by atoms with E-state index in [0.717, 1.165) is 12.8 Å². The zero-order valence-electron chi connectivity index (χ0n) is 11.2. The molecule has 0 radical (unpaired) electrons. The summed E-state index contributed by atoms with van der Waals surface area (Å²) in [5.74, 6) is 0.0270. The molecule has 5 nitrogen and oxygen atoms in total. The van der Waals surface area contributed by atoms with E-state index < -0.39 is 10.7 Å². The van der Waals surface area contributed by atoms with Crippen molar-refractivity contribution in [3.05, 3.63) is 32.5 Å². The van der Waals surface area contributed by atoms with Crippen LogP contribution in [0, 0.1) is 21.8 Å². The first-order chi connectivity index (χ1) is 9.43. The van der Waals surface area contributed by atoms with E-state index in [1.54, 1.807) is 0 Å². The summed E-state index contributed by atoms with van der Waals surface area (Å²) in [4.78, 5) is 12.6. The smallest absolute Gasteiger partial charge is 0.293 e. The number of piperidine rings is 1. The molecule has 1 aliphatic rings. The number of nitrogens with two attached hydrogens (primary N) is 1. The Morgan fingerprint density at radius 2 is 2.30 bits per heavy atom. The molecule has 0 aromatic heterocycles. The van der Waals surface area contributed by atoms with Gasteiger partial charge in [-0.05, 0) is 34.7 Å².